The first-order valence-electron chi connectivity index (χ1n) is 4.34. The molecule has 0 spiro atoms. The monoisotopic (exact) mass is 279 g/mol. The van der Waals surface area contributed by atoms with Crippen molar-refractivity contribution in [3.8, 4) is 5.88 Å². The first-order chi connectivity index (χ1) is 7.08. The molecule has 0 amide bonds. The predicted molar refractivity (Wildman–Crippen MR) is 52.2 cm³/mol. The number of hydrogen-bond acceptors (Lipinski definition) is 3. The largest absolute Gasteiger partial charge is 0.417 e. The second-order valence-corrected chi connectivity index (χ2v) is 4.41. The van der Waals surface area contributed by atoms with E-state index in [1.807, 2.05) is 0 Å². The molecule has 0 aliphatic heterocycles. The lowest BCUT2D eigenvalue weighted by Crippen LogP contribution is -2.04. The van der Waals surface area contributed by atoms with E-state index in [1.165, 1.54) is 6.07 Å². The summed E-state index contributed by atoms with van der Waals surface area (Å²) in [6.45, 7) is -2.87. The molecule has 1 aromatic rings. The summed E-state index contributed by atoms with van der Waals surface area (Å²) in [5, 5.41) is 9.65. The maximum absolute atomic E-state index is 11.9. The Labute approximate surface area is 93.2 Å². The minimum atomic E-state index is -2.87. The molecule has 0 fully saturated rings. The van der Waals surface area contributed by atoms with Crippen LogP contribution in [0.2, 0.25) is 0 Å². The number of alkyl halides is 3. The average molecular weight is 280 g/mol. The van der Waals surface area contributed by atoms with E-state index in [2.05, 4.69) is 25.7 Å². The van der Waals surface area contributed by atoms with Crippen LogP contribution in [0.5, 0.6) is 5.88 Å². The number of ether oxygens (including phenoxy) is 1. The third-order valence-electron chi connectivity index (χ3n) is 2.24. The topological polar surface area (TPSA) is 42.4 Å². The standard InChI is InChI=1S/C9H8BrF2NO2/c10-5-3-6-4(8(5)14)1-2-7(13-6)15-9(11)12/h1-2,5,8-9,14H,3H2/t5-,8+/m0/s1. The van der Waals surface area contributed by atoms with Crippen LogP contribution in [0.3, 0.4) is 0 Å². The third kappa shape index (κ3) is 2.10. The Morgan fingerprint density at radius 2 is 2.27 bits per heavy atom. The summed E-state index contributed by atoms with van der Waals surface area (Å²) >= 11 is 3.28. The number of aromatic nitrogens is 1. The number of aliphatic hydroxyl groups is 1. The second kappa shape index (κ2) is 4.02. The van der Waals surface area contributed by atoms with E-state index in [1.54, 1.807) is 6.07 Å². The highest BCUT2D eigenvalue weighted by atomic mass is 79.9. The average Bonchev–Trinajstić information content (AvgIpc) is 2.41. The Bertz CT molecular complexity index is 375. The molecule has 1 aliphatic rings. The van der Waals surface area contributed by atoms with Gasteiger partial charge in [-0.3, -0.25) is 0 Å². The number of hydrogen-bond donors (Lipinski definition) is 1. The lowest BCUT2D eigenvalue weighted by molar-refractivity contribution is -0.0529. The van der Waals surface area contributed by atoms with Gasteiger partial charge >= 0.3 is 6.61 Å². The second-order valence-electron chi connectivity index (χ2n) is 3.23. The fourth-order valence-corrected chi connectivity index (χ4v) is 2.16. The SMILES string of the molecule is O[C@@H]1c2ccc(OC(F)F)nc2C[C@@H]1Br. The molecule has 0 bridgehead atoms. The Morgan fingerprint density at radius 1 is 1.53 bits per heavy atom. The quantitative estimate of drug-likeness (QED) is 0.843. The highest BCUT2D eigenvalue weighted by Gasteiger charge is 2.30. The van der Waals surface area contributed by atoms with Gasteiger partial charge in [-0.1, -0.05) is 15.9 Å². The summed E-state index contributed by atoms with van der Waals surface area (Å²) in [4.78, 5) is 3.79. The number of aliphatic hydroxyl groups excluding tert-OH is 1. The molecule has 3 nitrogen and oxygen atoms in total. The molecule has 1 aliphatic carbocycles. The van der Waals surface area contributed by atoms with Gasteiger partial charge < -0.3 is 9.84 Å². The van der Waals surface area contributed by atoms with E-state index in [9.17, 15) is 13.9 Å². The zero-order valence-corrected chi connectivity index (χ0v) is 9.12. The van der Waals surface area contributed by atoms with Crippen molar-refractivity contribution >= 4 is 15.9 Å². The van der Waals surface area contributed by atoms with Crippen LogP contribution in [0.15, 0.2) is 12.1 Å². The number of nitrogens with zero attached hydrogens (tertiary/aromatic N) is 1. The Hall–Kier alpha value is -0.750. The molecule has 2 atom stereocenters. The van der Waals surface area contributed by atoms with Crippen LogP contribution < -0.4 is 4.74 Å². The smallest absolute Gasteiger partial charge is 0.388 e. The third-order valence-corrected chi connectivity index (χ3v) is 3.07. The van der Waals surface area contributed by atoms with Crippen LogP contribution in [0.25, 0.3) is 0 Å². The summed E-state index contributed by atoms with van der Waals surface area (Å²) in [6.07, 6.45) is -0.121. The van der Waals surface area contributed by atoms with Crippen LogP contribution >= 0.6 is 15.9 Å². The van der Waals surface area contributed by atoms with Crippen molar-refractivity contribution in [3.63, 3.8) is 0 Å². The number of halogens is 3. The highest BCUT2D eigenvalue weighted by molar-refractivity contribution is 9.09. The molecule has 82 valence electrons. The van der Waals surface area contributed by atoms with E-state index < -0.39 is 12.7 Å². The maximum Gasteiger partial charge on any atom is 0.388 e. The van der Waals surface area contributed by atoms with Gasteiger partial charge in [-0.15, -0.1) is 0 Å². The fourth-order valence-electron chi connectivity index (χ4n) is 1.57. The van der Waals surface area contributed by atoms with E-state index in [0.717, 1.165) is 0 Å². The van der Waals surface area contributed by atoms with Crippen molar-refractivity contribution < 1.29 is 18.6 Å². The molecule has 0 aromatic carbocycles. The number of pyridine rings is 1. The Kier molecular flexibility index (Phi) is 2.88. The number of fused-ring (bicyclic) bond motifs is 1. The zero-order valence-electron chi connectivity index (χ0n) is 7.53. The van der Waals surface area contributed by atoms with Gasteiger partial charge in [-0.25, -0.2) is 4.98 Å². The molecule has 0 saturated carbocycles. The van der Waals surface area contributed by atoms with Crippen molar-refractivity contribution in [3.05, 3.63) is 23.4 Å². The predicted octanol–water partition coefficient (Wildman–Crippen LogP) is 2.04. The van der Waals surface area contributed by atoms with Gasteiger partial charge in [0.1, 0.15) is 0 Å². The lowest BCUT2D eigenvalue weighted by Gasteiger charge is -2.07. The zero-order chi connectivity index (χ0) is 11.0. The van der Waals surface area contributed by atoms with Gasteiger partial charge in [-0.2, -0.15) is 8.78 Å². The molecule has 1 heterocycles. The van der Waals surface area contributed by atoms with Crippen molar-refractivity contribution in [1.82, 2.24) is 4.98 Å². The summed E-state index contributed by atoms with van der Waals surface area (Å²) in [5.41, 5.74) is 1.26. The van der Waals surface area contributed by atoms with Gasteiger partial charge in [0, 0.05) is 18.1 Å². The molecule has 6 heteroatoms. The summed E-state index contributed by atoms with van der Waals surface area (Å²) in [5.74, 6) is -0.113. The van der Waals surface area contributed by atoms with Gasteiger partial charge in [0.2, 0.25) is 5.88 Å². The normalized spacial score (nSPS) is 24.3. The van der Waals surface area contributed by atoms with Gasteiger partial charge in [0.25, 0.3) is 0 Å². The van der Waals surface area contributed by atoms with Crippen LogP contribution in [0, 0.1) is 0 Å². The maximum atomic E-state index is 11.9. The first kappa shape index (κ1) is 10.8. The fraction of sp³-hybridized carbons (Fsp3) is 0.444. The van der Waals surface area contributed by atoms with Crippen LogP contribution in [0.4, 0.5) is 8.78 Å². The summed E-state index contributed by atoms with van der Waals surface area (Å²) < 4.78 is 28.0. The number of rotatable bonds is 2. The van der Waals surface area contributed by atoms with E-state index in [4.69, 9.17) is 0 Å². The van der Waals surface area contributed by atoms with Gasteiger partial charge in [-0.05, 0) is 6.07 Å². The van der Waals surface area contributed by atoms with E-state index in [0.29, 0.717) is 17.7 Å². The minimum Gasteiger partial charge on any atom is -0.417 e. The van der Waals surface area contributed by atoms with Crippen LogP contribution in [-0.4, -0.2) is 21.5 Å². The molecule has 0 saturated heterocycles. The first-order valence-corrected chi connectivity index (χ1v) is 5.26. The van der Waals surface area contributed by atoms with Gasteiger partial charge in [0.15, 0.2) is 0 Å². The highest BCUT2D eigenvalue weighted by Crippen LogP contribution is 2.35. The molecule has 2 rings (SSSR count). The summed E-state index contributed by atoms with van der Waals surface area (Å²) in [6, 6.07) is 2.89. The van der Waals surface area contributed by atoms with Crippen molar-refractivity contribution in [2.24, 2.45) is 0 Å². The molecular formula is C9H8BrF2NO2. The van der Waals surface area contributed by atoms with Crippen molar-refractivity contribution in [2.75, 3.05) is 0 Å². The Balaban J connectivity index is 2.25. The van der Waals surface area contributed by atoms with E-state index >= 15 is 0 Å². The Morgan fingerprint density at radius 3 is 2.93 bits per heavy atom. The molecule has 15 heavy (non-hydrogen) atoms. The van der Waals surface area contributed by atoms with Gasteiger partial charge in [0.05, 0.1) is 16.6 Å². The molecule has 1 N–H and O–H groups in total. The molecule has 0 unspecified atom stereocenters. The molecule has 1 aromatic heterocycles. The summed E-state index contributed by atoms with van der Waals surface area (Å²) in [7, 11) is 0. The minimum absolute atomic E-state index is 0.109. The molecule has 0 radical (unpaired) electrons. The van der Waals surface area contributed by atoms with Crippen molar-refractivity contribution in [2.45, 2.75) is 24.0 Å². The lowest BCUT2D eigenvalue weighted by atomic mass is 10.2. The van der Waals surface area contributed by atoms with Crippen LogP contribution in [0.1, 0.15) is 17.4 Å². The molecular weight excluding hydrogens is 272 g/mol. The van der Waals surface area contributed by atoms with Crippen LogP contribution in [-0.2, 0) is 6.42 Å². The van der Waals surface area contributed by atoms with E-state index in [-0.39, 0.29) is 10.7 Å². The van der Waals surface area contributed by atoms with Crippen molar-refractivity contribution in [1.29, 1.82) is 0 Å².